The van der Waals surface area contributed by atoms with Crippen LogP contribution in [0.25, 0.3) is 0 Å². The Morgan fingerprint density at radius 2 is 1.76 bits per heavy atom. The minimum absolute atomic E-state index is 0.174. The molecule has 0 saturated carbocycles. The molecule has 0 saturated heterocycles. The third-order valence-electron chi connectivity index (χ3n) is 1.86. The van der Waals surface area contributed by atoms with Crippen LogP contribution in [-0.2, 0) is 0 Å². The first-order valence-corrected chi connectivity index (χ1v) is 5.31. The first-order valence-electron chi connectivity index (χ1n) is 5.31. The van der Waals surface area contributed by atoms with Gasteiger partial charge in [0.05, 0.1) is 0 Å². The Morgan fingerprint density at radius 1 is 1.18 bits per heavy atom. The Morgan fingerprint density at radius 3 is 2.29 bits per heavy atom. The molecular formula is C10H15F3N4. The maximum atomic E-state index is 12.0. The summed E-state index contributed by atoms with van der Waals surface area (Å²) in [5, 5.41) is 5.23. The number of halogens is 3. The van der Waals surface area contributed by atoms with Gasteiger partial charge in [0.15, 0.2) is 0 Å². The van der Waals surface area contributed by atoms with Crippen LogP contribution in [-0.4, -0.2) is 29.2 Å². The van der Waals surface area contributed by atoms with Crippen LogP contribution in [0.1, 0.15) is 19.2 Å². The SMILES string of the molecule is CCCNc1cc(NCC(F)(F)F)nc(C)n1. The summed E-state index contributed by atoms with van der Waals surface area (Å²) in [6.07, 6.45) is -3.34. The molecule has 0 atom stereocenters. The molecule has 0 bridgehead atoms. The summed E-state index contributed by atoms with van der Waals surface area (Å²) in [4.78, 5) is 7.96. The fraction of sp³-hybridized carbons (Fsp3) is 0.600. The highest BCUT2D eigenvalue weighted by molar-refractivity contribution is 5.47. The van der Waals surface area contributed by atoms with E-state index in [1.807, 2.05) is 6.92 Å². The third kappa shape index (κ3) is 5.37. The van der Waals surface area contributed by atoms with E-state index < -0.39 is 12.7 Å². The van der Waals surface area contributed by atoms with Crippen molar-refractivity contribution in [3.05, 3.63) is 11.9 Å². The highest BCUT2D eigenvalue weighted by Crippen LogP contribution is 2.17. The summed E-state index contributed by atoms with van der Waals surface area (Å²) in [5.74, 6) is 1.13. The van der Waals surface area contributed by atoms with Gasteiger partial charge in [-0.3, -0.25) is 0 Å². The van der Waals surface area contributed by atoms with E-state index in [-0.39, 0.29) is 5.82 Å². The van der Waals surface area contributed by atoms with Crippen LogP contribution >= 0.6 is 0 Å². The number of aromatic nitrogens is 2. The summed E-state index contributed by atoms with van der Waals surface area (Å²) in [6, 6.07) is 1.47. The Labute approximate surface area is 97.7 Å². The van der Waals surface area contributed by atoms with Gasteiger partial charge in [-0.05, 0) is 13.3 Å². The van der Waals surface area contributed by atoms with Gasteiger partial charge in [0.2, 0.25) is 0 Å². The van der Waals surface area contributed by atoms with Crippen molar-refractivity contribution in [2.45, 2.75) is 26.4 Å². The maximum Gasteiger partial charge on any atom is 0.405 e. The van der Waals surface area contributed by atoms with Crippen molar-refractivity contribution in [3.8, 4) is 0 Å². The Kier molecular flexibility index (Phi) is 4.53. The van der Waals surface area contributed by atoms with Crippen LogP contribution in [0.5, 0.6) is 0 Å². The topological polar surface area (TPSA) is 49.8 Å². The van der Waals surface area contributed by atoms with Crippen molar-refractivity contribution in [2.24, 2.45) is 0 Å². The highest BCUT2D eigenvalue weighted by Gasteiger charge is 2.26. The molecule has 17 heavy (non-hydrogen) atoms. The number of nitrogens with one attached hydrogen (secondary N) is 2. The molecule has 0 spiro atoms. The quantitative estimate of drug-likeness (QED) is 0.840. The molecule has 0 fully saturated rings. The molecule has 0 aromatic carbocycles. The monoisotopic (exact) mass is 248 g/mol. The van der Waals surface area contributed by atoms with Gasteiger partial charge in [-0.1, -0.05) is 6.92 Å². The van der Waals surface area contributed by atoms with E-state index in [9.17, 15) is 13.2 Å². The number of hydrogen-bond donors (Lipinski definition) is 2. The summed E-state index contributed by atoms with van der Waals surface area (Å²) in [7, 11) is 0. The third-order valence-corrected chi connectivity index (χ3v) is 1.86. The second-order valence-corrected chi connectivity index (χ2v) is 3.58. The molecule has 1 rings (SSSR count). The fourth-order valence-corrected chi connectivity index (χ4v) is 1.19. The lowest BCUT2D eigenvalue weighted by Gasteiger charge is -2.11. The lowest BCUT2D eigenvalue weighted by molar-refractivity contribution is -0.115. The average Bonchev–Trinajstić information content (AvgIpc) is 2.22. The van der Waals surface area contributed by atoms with Crippen molar-refractivity contribution in [1.82, 2.24) is 9.97 Å². The Balaban J connectivity index is 2.68. The molecule has 1 aromatic heterocycles. The van der Waals surface area contributed by atoms with Gasteiger partial charge in [-0.25, -0.2) is 9.97 Å². The standard InChI is InChI=1S/C10H15F3N4/c1-3-4-14-8-5-9(17-7(2)16-8)15-6-10(11,12)13/h5H,3-4,6H2,1-2H3,(H2,14,15,16,17). The number of aryl methyl sites for hydroxylation is 1. The molecule has 1 aromatic rings. The zero-order valence-corrected chi connectivity index (χ0v) is 9.73. The predicted octanol–water partition coefficient (Wildman–Crippen LogP) is 2.58. The van der Waals surface area contributed by atoms with Crippen LogP contribution in [0.2, 0.25) is 0 Å². The first-order chi connectivity index (χ1) is 7.90. The lowest BCUT2D eigenvalue weighted by Crippen LogP contribution is -2.22. The zero-order valence-electron chi connectivity index (χ0n) is 9.73. The summed E-state index contributed by atoms with van der Waals surface area (Å²) in [6.45, 7) is 3.24. The first kappa shape index (κ1) is 13.5. The minimum Gasteiger partial charge on any atom is -0.370 e. The van der Waals surface area contributed by atoms with Gasteiger partial charge in [0.25, 0.3) is 0 Å². The van der Waals surface area contributed by atoms with Crippen LogP contribution < -0.4 is 10.6 Å². The second kappa shape index (κ2) is 5.70. The molecule has 0 aliphatic rings. The largest absolute Gasteiger partial charge is 0.405 e. The van der Waals surface area contributed by atoms with E-state index >= 15 is 0 Å². The number of rotatable bonds is 5. The van der Waals surface area contributed by atoms with Crippen molar-refractivity contribution in [1.29, 1.82) is 0 Å². The van der Waals surface area contributed by atoms with Gasteiger partial charge in [0.1, 0.15) is 24.0 Å². The van der Waals surface area contributed by atoms with Crippen LogP contribution in [0, 0.1) is 6.92 Å². The van der Waals surface area contributed by atoms with E-state index in [1.165, 1.54) is 6.07 Å². The van der Waals surface area contributed by atoms with Crippen molar-refractivity contribution < 1.29 is 13.2 Å². The Bertz CT molecular complexity index is 365. The molecule has 1 heterocycles. The molecule has 4 nitrogen and oxygen atoms in total. The predicted molar refractivity (Wildman–Crippen MR) is 60.1 cm³/mol. The van der Waals surface area contributed by atoms with Gasteiger partial charge < -0.3 is 10.6 Å². The second-order valence-electron chi connectivity index (χ2n) is 3.58. The summed E-state index contributed by atoms with van der Waals surface area (Å²) >= 11 is 0. The average molecular weight is 248 g/mol. The molecule has 96 valence electrons. The molecule has 7 heteroatoms. The smallest absolute Gasteiger partial charge is 0.370 e. The van der Waals surface area contributed by atoms with Crippen molar-refractivity contribution in [3.63, 3.8) is 0 Å². The molecule has 0 aliphatic carbocycles. The fourth-order valence-electron chi connectivity index (χ4n) is 1.19. The highest BCUT2D eigenvalue weighted by atomic mass is 19.4. The van der Waals surface area contributed by atoms with Crippen molar-refractivity contribution >= 4 is 11.6 Å². The van der Waals surface area contributed by atoms with E-state index in [2.05, 4.69) is 20.6 Å². The lowest BCUT2D eigenvalue weighted by atomic mass is 10.4. The molecule has 0 aliphatic heterocycles. The molecule has 2 N–H and O–H groups in total. The molecular weight excluding hydrogens is 233 g/mol. The summed E-state index contributed by atoms with van der Waals surface area (Å²) < 4.78 is 36.1. The number of hydrogen-bond acceptors (Lipinski definition) is 4. The molecule has 0 radical (unpaired) electrons. The van der Waals surface area contributed by atoms with E-state index in [1.54, 1.807) is 6.92 Å². The van der Waals surface area contributed by atoms with Gasteiger partial charge in [-0.15, -0.1) is 0 Å². The number of alkyl halides is 3. The van der Waals surface area contributed by atoms with Crippen LogP contribution in [0.15, 0.2) is 6.07 Å². The van der Waals surface area contributed by atoms with Gasteiger partial charge >= 0.3 is 6.18 Å². The molecule has 0 unspecified atom stereocenters. The number of anilines is 2. The van der Waals surface area contributed by atoms with Gasteiger partial charge in [0, 0.05) is 12.6 Å². The van der Waals surface area contributed by atoms with Gasteiger partial charge in [-0.2, -0.15) is 13.2 Å². The minimum atomic E-state index is -4.25. The Hall–Kier alpha value is -1.53. The zero-order chi connectivity index (χ0) is 12.9. The van der Waals surface area contributed by atoms with Crippen molar-refractivity contribution in [2.75, 3.05) is 23.7 Å². The van der Waals surface area contributed by atoms with Crippen LogP contribution in [0.3, 0.4) is 0 Å². The van der Waals surface area contributed by atoms with Crippen LogP contribution in [0.4, 0.5) is 24.8 Å². The number of nitrogens with zero attached hydrogens (tertiary/aromatic N) is 2. The maximum absolute atomic E-state index is 12.0. The van der Waals surface area contributed by atoms with E-state index in [0.717, 1.165) is 13.0 Å². The summed E-state index contributed by atoms with van der Waals surface area (Å²) in [5.41, 5.74) is 0. The van der Waals surface area contributed by atoms with E-state index in [0.29, 0.717) is 11.6 Å². The molecule has 0 amide bonds. The normalized spacial score (nSPS) is 11.4. The van der Waals surface area contributed by atoms with E-state index in [4.69, 9.17) is 0 Å².